The van der Waals surface area contributed by atoms with Gasteiger partial charge in [0.2, 0.25) is 0 Å². The largest absolute Gasteiger partial charge is 0.375 e. The fraction of sp³-hybridized carbons (Fsp3) is 0.812. The van der Waals surface area contributed by atoms with Crippen LogP contribution >= 0.6 is 0 Å². The second-order valence-electron chi connectivity index (χ2n) is 6.16. The summed E-state index contributed by atoms with van der Waals surface area (Å²) >= 11 is 0. The molecular weight excluding hydrogens is 250 g/mol. The van der Waals surface area contributed by atoms with E-state index in [1.165, 1.54) is 5.56 Å². The Morgan fingerprint density at radius 2 is 2.20 bits per heavy atom. The van der Waals surface area contributed by atoms with Crippen LogP contribution in [0.3, 0.4) is 0 Å². The van der Waals surface area contributed by atoms with Gasteiger partial charge in [-0.3, -0.25) is 4.68 Å². The second-order valence-corrected chi connectivity index (χ2v) is 6.16. The molecule has 4 heteroatoms. The van der Waals surface area contributed by atoms with Gasteiger partial charge >= 0.3 is 0 Å². The first kappa shape index (κ1) is 15.5. The normalized spacial score (nSPS) is 23.8. The molecule has 0 amide bonds. The predicted molar refractivity (Wildman–Crippen MR) is 81.8 cm³/mol. The van der Waals surface area contributed by atoms with Crippen LogP contribution in [-0.4, -0.2) is 28.0 Å². The minimum atomic E-state index is 0.0830. The molecular formula is C16H29N3O. The smallest absolute Gasteiger partial charge is 0.0692 e. The van der Waals surface area contributed by atoms with Gasteiger partial charge in [0.25, 0.3) is 0 Å². The van der Waals surface area contributed by atoms with Crippen LogP contribution in [0, 0.1) is 6.92 Å². The molecule has 0 spiro atoms. The minimum absolute atomic E-state index is 0.0830. The summed E-state index contributed by atoms with van der Waals surface area (Å²) in [5, 5.41) is 8.22. The van der Waals surface area contributed by atoms with Crippen LogP contribution in [0.15, 0.2) is 6.20 Å². The number of aromatic nitrogens is 2. The number of hydrogen-bond donors (Lipinski definition) is 1. The van der Waals surface area contributed by atoms with Crippen LogP contribution < -0.4 is 5.32 Å². The summed E-state index contributed by atoms with van der Waals surface area (Å²) in [7, 11) is 1.98. The molecule has 2 atom stereocenters. The van der Waals surface area contributed by atoms with Crippen LogP contribution in [0.5, 0.6) is 0 Å². The average molecular weight is 279 g/mol. The van der Waals surface area contributed by atoms with Crippen LogP contribution in [0.4, 0.5) is 0 Å². The molecule has 20 heavy (non-hydrogen) atoms. The van der Waals surface area contributed by atoms with E-state index in [0.717, 1.165) is 38.0 Å². The van der Waals surface area contributed by atoms with E-state index in [0.29, 0.717) is 12.1 Å². The molecule has 0 bridgehead atoms. The lowest BCUT2D eigenvalue weighted by atomic mass is 9.85. The van der Waals surface area contributed by atoms with E-state index < -0.39 is 0 Å². The number of rotatable bonds is 5. The SMILES string of the molecule is CCC1(CC)CC(NC(C)c2cn(C)nc2C)CCO1. The van der Waals surface area contributed by atoms with Crippen molar-refractivity contribution in [1.82, 2.24) is 15.1 Å². The van der Waals surface area contributed by atoms with Gasteiger partial charge in [-0.05, 0) is 39.5 Å². The Kier molecular flexibility index (Phi) is 4.86. The predicted octanol–water partition coefficient (Wildman–Crippen LogP) is 3.12. The van der Waals surface area contributed by atoms with Crippen molar-refractivity contribution in [2.24, 2.45) is 7.05 Å². The average Bonchev–Trinajstić information content (AvgIpc) is 2.78. The fourth-order valence-corrected chi connectivity index (χ4v) is 3.40. The molecule has 1 aromatic heterocycles. The molecule has 0 saturated carbocycles. The van der Waals surface area contributed by atoms with Gasteiger partial charge in [0.05, 0.1) is 11.3 Å². The van der Waals surface area contributed by atoms with Gasteiger partial charge in [-0.25, -0.2) is 0 Å². The van der Waals surface area contributed by atoms with E-state index in [2.05, 4.69) is 44.3 Å². The Hall–Kier alpha value is -0.870. The van der Waals surface area contributed by atoms with Gasteiger partial charge in [-0.2, -0.15) is 5.10 Å². The van der Waals surface area contributed by atoms with Crippen molar-refractivity contribution in [3.63, 3.8) is 0 Å². The zero-order chi connectivity index (χ0) is 14.8. The lowest BCUT2D eigenvalue weighted by Gasteiger charge is -2.41. The molecule has 0 aliphatic carbocycles. The molecule has 1 aromatic rings. The van der Waals surface area contributed by atoms with E-state index >= 15 is 0 Å². The first-order chi connectivity index (χ1) is 9.49. The van der Waals surface area contributed by atoms with Crippen molar-refractivity contribution in [3.05, 3.63) is 17.5 Å². The topological polar surface area (TPSA) is 39.1 Å². The molecule has 1 aliphatic rings. The second kappa shape index (κ2) is 6.27. The van der Waals surface area contributed by atoms with E-state index in [-0.39, 0.29) is 5.60 Å². The Morgan fingerprint density at radius 1 is 1.50 bits per heavy atom. The molecule has 4 nitrogen and oxygen atoms in total. The summed E-state index contributed by atoms with van der Waals surface area (Å²) in [6.45, 7) is 9.66. The van der Waals surface area contributed by atoms with Crippen LogP contribution in [0.1, 0.15) is 63.8 Å². The zero-order valence-corrected chi connectivity index (χ0v) is 13.6. The van der Waals surface area contributed by atoms with Crippen LogP contribution in [-0.2, 0) is 11.8 Å². The highest BCUT2D eigenvalue weighted by Gasteiger charge is 2.35. The molecule has 0 aromatic carbocycles. The molecule has 1 aliphatic heterocycles. The third-order valence-electron chi connectivity index (χ3n) is 4.79. The van der Waals surface area contributed by atoms with Crippen molar-refractivity contribution in [1.29, 1.82) is 0 Å². The Morgan fingerprint density at radius 3 is 2.75 bits per heavy atom. The molecule has 1 saturated heterocycles. The summed E-state index contributed by atoms with van der Waals surface area (Å²) in [5.41, 5.74) is 2.51. The molecule has 2 heterocycles. The summed E-state index contributed by atoms with van der Waals surface area (Å²) in [4.78, 5) is 0. The third kappa shape index (κ3) is 3.23. The molecule has 1 N–H and O–H groups in total. The highest BCUT2D eigenvalue weighted by atomic mass is 16.5. The quantitative estimate of drug-likeness (QED) is 0.900. The number of nitrogens with zero attached hydrogens (tertiary/aromatic N) is 2. The van der Waals surface area contributed by atoms with Crippen molar-refractivity contribution in [2.45, 2.75) is 71.1 Å². The highest BCUT2D eigenvalue weighted by Crippen LogP contribution is 2.32. The summed E-state index contributed by atoms with van der Waals surface area (Å²) in [6.07, 6.45) is 6.54. The maximum atomic E-state index is 6.05. The number of ether oxygens (including phenoxy) is 1. The van der Waals surface area contributed by atoms with Crippen molar-refractivity contribution >= 4 is 0 Å². The van der Waals surface area contributed by atoms with Crippen molar-refractivity contribution < 1.29 is 4.74 Å². The summed E-state index contributed by atoms with van der Waals surface area (Å²) in [5.74, 6) is 0. The van der Waals surface area contributed by atoms with Gasteiger partial charge in [-0.1, -0.05) is 13.8 Å². The van der Waals surface area contributed by atoms with Crippen molar-refractivity contribution in [3.8, 4) is 0 Å². The Balaban J connectivity index is 2.01. The number of hydrogen-bond acceptors (Lipinski definition) is 3. The van der Waals surface area contributed by atoms with E-state index in [4.69, 9.17) is 4.74 Å². The van der Waals surface area contributed by atoms with Crippen molar-refractivity contribution in [2.75, 3.05) is 6.61 Å². The van der Waals surface area contributed by atoms with E-state index in [9.17, 15) is 0 Å². The Labute approximate surface area is 122 Å². The minimum Gasteiger partial charge on any atom is -0.375 e. The fourth-order valence-electron chi connectivity index (χ4n) is 3.40. The lowest BCUT2D eigenvalue weighted by Crippen LogP contribution is -2.47. The zero-order valence-electron chi connectivity index (χ0n) is 13.6. The number of nitrogens with one attached hydrogen (secondary N) is 1. The van der Waals surface area contributed by atoms with Gasteiger partial charge in [0, 0.05) is 37.5 Å². The van der Waals surface area contributed by atoms with Gasteiger partial charge in [0.1, 0.15) is 0 Å². The molecule has 114 valence electrons. The Bertz CT molecular complexity index is 437. The molecule has 2 rings (SSSR count). The highest BCUT2D eigenvalue weighted by molar-refractivity contribution is 5.19. The lowest BCUT2D eigenvalue weighted by molar-refractivity contribution is -0.0939. The first-order valence-corrected chi connectivity index (χ1v) is 7.90. The van der Waals surface area contributed by atoms with Gasteiger partial charge in [-0.15, -0.1) is 0 Å². The first-order valence-electron chi connectivity index (χ1n) is 7.90. The summed E-state index contributed by atoms with van der Waals surface area (Å²) in [6, 6.07) is 0.886. The van der Waals surface area contributed by atoms with E-state index in [1.54, 1.807) is 0 Å². The van der Waals surface area contributed by atoms with Gasteiger partial charge in [0.15, 0.2) is 0 Å². The molecule has 1 fully saturated rings. The molecule has 2 unspecified atom stereocenters. The van der Waals surface area contributed by atoms with E-state index in [1.807, 2.05) is 11.7 Å². The van der Waals surface area contributed by atoms with Crippen LogP contribution in [0.25, 0.3) is 0 Å². The third-order valence-corrected chi connectivity index (χ3v) is 4.79. The number of aryl methyl sites for hydroxylation is 2. The summed E-state index contributed by atoms with van der Waals surface area (Å²) < 4.78 is 7.95. The molecule has 0 radical (unpaired) electrons. The maximum absolute atomic E-state index is 6.05. The van der Waals surface area contributed by atoms with Crippen LogP contribution in [0.2, 0.25) is 0 Å². The van der Waals surface area contributed by atoms with Gasteiger partial charge < -0.3 is 10.1 Å². The monoisotopic (exact) mass is 279 g/mol. The standard InChI is InChI=1S/C16H29N3O/c1-6-16(7-2)10-14(8-9-20-16)17-12(3)15-11-19(5)18-13(15)4/h11-12,14,17H,6-10H2,1-5H3. The maximum Gasteiger partial charge on any atom is 0.0692 e.